The van der Waals surface area contributed by atoms with Crippen molar-refractivity contribution in [1.29, 1.82) is 0 Å². The number of rotatable bonds is 5. The smallest absolute Gasteiger partial charge is 0.325 e. The molecule has 0 aliphatic carbocycles. The molecule has 7 nitrogen and oxygen atoms in total. The molecule has 0 heterocycles. The second-order valence-corrected chi connectivity index (χ2v) is 8.69. The molecular weight excluding hydrogens is 418 g/mol. The summed E-state index contributed by atoms with van der Waals surface area (Å²) < 4.78 is 118. The van der Waals surface area contributed by atoms with Gasteiger partial charge in [0.2, 0.25) is 5.91 Å². The molecule has 148 valence electrons. The Bertz CT molecular complexity index is 831. The fourth-order valence-corrected chi connectivity index (χ4v) is 4.06. The molecule has 15 heteroatoms. The van der Waals surface area contributed by atoms with Crippen molar-refractivity contribution < 1.29 is 48.0 Å². The molecule has 26 heavy (non-hydrogen) atoms. The topological polar surface area (TPSA) is 101 Å². The van der Waals surface area contributed by atoms with Crippen molar-refractivity contribution in [3.8, 4) is 0 Å². The van der Waals surface area contributed by atoms with E-state index in [9.17, 15) is 48.0 Å². The molecular formula is C11H10F6N2O5S2. The van der Waals surface area contributed by atoms with Crippen LogP contribution in [0.3, 0.4) is 0 Å². The molecule has 1 amide bonds. The number of carbonyl (C=O) groups excluding carboxylic acids is 1. The minimum atomic E-state index is -7.01. The lowest BCUT2D eigenvalue weighted by Gasteiger charge is -2.23. The van der Waals surface area contributed by atoms with Crippen LogP contribution in [0.2, 0.25) is 0 Å². The molecule has 1 aromatic rings. The minimum absolute atomic E-state index is 0.102. The Morgan fingerprint density at radius 1 is 0.923 bits per heavy atom. The Labute approximate surface area is 143 Å². The van der Waals surface area contributed by atoms with Gasteiger partial charge in [-0.05, 0) is 19.1 Å². The number of sulfonamides is 2. The van der Waals surface area contributed by atoms with E-state index >= 15 is 0 Å². The van der Waals surface area contributed by atoms with Crippen molar-refractivity contribution >= 4 is 31.6 Å². The molecule has 0 aliphatic rings. The van der Waals surface area contributed by atoms with Crippen LogP contribution in [0.25, 0.3) is 0 Å². The molecule has 0 aliphatic heterocycles. The first-order valence-electron chi connectivity index (χ1n) is 6.27. The van der Waals surface area contributed by atoms with Crippen molar-refractivity contribution in [2.24, 2.45) is 0 Å². The molecule has 0 unspecified atom stereocenters. The Morgan fingerprint density at radius 2 is 1.31 bits per heavy atom. The predicted octanol–water partition coefficient (Wildman–Crippen LogP) is 1.93. The van der Waals surface area contributed by atoms with Gasteiger partial charge in [0.1, 0.15) is 6.54 Å². The number of anilines is 1. The van der Waals surface area contributed by atoms with Crippen molar-refractivity contribution in [2.45, 2.75) is 17.9 Å². The van der Waals surface area contributed by atoms with E-state index in [-0.39, 0.29) is 5.69 Å². The number of carbonyl (C=O) groups is 1. The number of alkyl halides is 6. The van der Waals surface area contributed by atoms with Gasteiger partial charge in [0.05, 0.1) is 0 Å². The molecule has 0 bridgehead atoms. The van der Waals surface area contributed by atoms with Crippen LogP contribution in [-0.4, -0.2) is 44.0 Å². The van der Waals surface area contributed by atoms with Crippen LogP contribution in [0.1, 0.15) is 5.56 Å². The zero-order valence-electron chi connectivity index (χ0n) is 12.6. The van der Waals surface area contributed by atoms with E-state index in [0.717, 1.165) is 0 Å². The third-order valence-electron chi connectivity index (χ3n) is 2.73. The average molecular weight is 428 g/mol. The maximum atomic E-state index is 12.5. The number of benzene rings is 1. The van der Waals surface area contributed by atoms with Gasteiger partial charge in [0.25, 0.3) is 0 Å². The van der Waals surface area contributed by atoms with Crippen LogP contribution in [0.5, 0.6) is 0 Å². The van der Waals surface area contributed by atoms with Gasteiger partial charge in [-0.2, -0.15) is 26.3 Å². The minimum Gasteiger partial charge on any atom is -0.325 e. The van der Waals surface area contributed by atoms with Crippen LogP contribution in [0.4, 0.5) is 32.0 Å². The fourth-order valence-electron chi connectivity index (χ4n) is 1.48. The Morgan fingerprint density at radius 3 is 1.65 bits per heavy atom. The number of amides is 1. The van der Waals surface area contributed by atoms with Crippen LogP contribution in [0, 0.1) is 6.92 Å². The van der Waals surface area contributed by atoms with Gasteiger partial charge in [-0.3, -0.25) is 4.79 Å². The van der Waals surface area contributed by atoms with E-state index in [2.05, 4.69) is 0 Å². The zero-order chi connectivity index (χ0) is 20.6. The molecule has 1 N–H and O–H groups in total. The monoisotopic (exact) mass is 428 g/mol. The van der Waals surface area contributed by atoms with Crippen molar-refractivity contribution in [3.05, 3.63) is 29.8 Å². The van der Waals surface area contributed by atoms with Crippen molar-refractivity contribution in [3.63, 3.8) is 0 Å². The summed E-state index contributed by atoms with van der Waals surface area (Å²) in [4.78, 5) is 11.6. The normalized spacial score (nSPS) is 13.7. The van der Waals surface area contributed by atoms with E-state index in [0.29, 0.717) is 5.56 Å². The molecule has 0 aromatic heterocycles. The lowest BCUT2D eigenvalue weighted by atomic mass is 10.2. The first-order valence-corrected chi connectivity index (χ1v) is 9.15. The highest BCUT2D eigenvalue weighted by atomic mass is 32.3. The molecule has 0 saturated heterocycles. The van der Waals surface area contributed by atoms with E-state index in [1.165, 1.54) is 24.3 Å². The van der Waals surface area contributed by atoms with E-state index < -0.39 is 47.2 Å². The van der Waals surface area contributed by atoms with Gasteiger partial charge in [0.15, 0.2) is 0 Å². The average Bonchev–Trinajstić information content (AvgIpc) is 2.44. The van der Waals surface area contributed by atoms with Gasteiger partial charge in [-0.25, -0.2) is 16.8 Å². The summed E-state index contributed by atoms with van der Waals surface area (Å²) in [5.74, 6) is -1.73. The van der Waals surface area contributed by atoms with Crippen LogP contribution in [0.15, 0.2) is 24.3 Å². The number of nitrogens with one attached hydrogen (secondary N) is 1. The van der Waals surface area contributed by atoms with E-state index in [1.54, 1.807) is 12.2 Å². The highest BCUT2D eigenvalue weighted by Gasteiger charge is 2.61. The summed E-state index contributed by atoms with van der Waals surface area (Å²) in [5, 5.41) is 1.80. The molecule has 0 spiro atoms. The summed E-state index contributed by atoms with van der Waals surface area (Å²) in [5.41, 5.74) is -12.2. The first-order chi connectivity index (χ1) is 11.5. The van der Waals surface area contributed by atoms with Gasteiger partial charge in [0, 0.05) is 5.69 Å². The quantitative estimate of drug-likeness (QED) is 0.723. The number of aryl methyl sites for hydroxylation is 1. The summed E-state index contributed by atoms with van der Waals surface area (Å²) in [6.45, 7) is -0.614. The summed E-state index contributed by atoms with van der Waals surface area (Å²) in [6, 6.07) is 5.28. The van der Waals surface area contributed by atoms with Crippen LogP contribution in [-0.2, 0) is 24.8 Å². The van der Waals surface area contributed by atoms with Crippen LogP contribution >= 0.6 is 0 Å². The maximum Gasteiger partial charge on any atom is 0.512 e. The van der Waals surface area contributed by atoms with Crippen molar-refractivity contribution in [1.82, 2.24) is 3.71 Å². The summed E-state index contributed by atoms with van der Waals surface area (Å²) >= 11 is 0. The number of hydrogen-bond acceptors (Lipinski definition) is 5. The number of nitrogens with zero attached hydrogens (tertiary/aromatic N) is 1. The highest BCUT2D eigenvalue weighted by molar-refractivity contribution is 8.04. The Kier molecular flexibility index (Phi) is 6.00. The van der Waals surface area contributed by atoms with E-state index in [4.69, 9.17) is 0 Å². The molecule has 1 aromatic carbocycles. The predicted molar refractivity (Wildman–Crippen MR) is 76.5 cm³/mol. The first kappa shape index (κ1) is 22.2. The second kappa shape index (κ2) is 7.03. The van der Waals surface area contributed by atoms with Crippen LogP contribution < -0.4 is 5.32 Å². The summed E-state index contributed by atoms with van der Waals surface area (Å²) in [6.07, 6.45) is 0. The largest absolute Gasteiger partial charge is 0.512 e. The van der Waals surface area contributed by atoms with Gasteiger partial charge >= 0.3 is 31.1 Å². The summed E-state index contributed by atoms with van der Waals surface area (Å²) in [7, 11) is -14.0. The molecule has 0 fully saturated rings. The standard InChI is InChI=1S/C11H10F6N2O5S2/c1-7-2-4-8(5-3-7)18-9(20)6-19(25(21,22)10(12,13)14)26(23,24)11(15,16)17/h2-5H,6H2,1H3,(H,18,20). The third kappa shape index (κ3) is 4.64. The van der Waals surface area contributed by atoms with E-state index in [1.807, 2.05) is 0 Å². The van der Waals surface area contributed by atoms with Gasteiger partial charge in [-0.1, -0.05) is 21.4 Å². The molecule has 0 saturated carbocycles. The number of hydrogen-bond donors (Lipinski definition) is 1. The lowest BCUT2D eigenvalue weighted by Crippen LogP contribution is -2.51. The van der Waals surface area contributed by atoms with Gasteiger partial charge in [-0.15, -0.1) is 0 Å². The highest BCUT2D eigenvalue weighted by Crippen LogP contribution is 2.34. The lowest BCUT2D eigenvalue weighted by molar-refractivity contribution is -0.116. The van der Waals surface area contributed by atoms with Gasteiger partial charge < -0.3 is 5.32 Å². The zero-order valence-corrected chi connectivity index (χ0v) is 14.2. The maximum absolute atomic E-state index is 12.5. The fraction of sp³-hybridized carbons (Fsp3) is 0.364. The Balaban J connectivity index is 3.27. The Hall–Kier alpha value is -1.87. The third-order valence-corrected chi connectivity index (χ3v) is 6.41. The SMILES string of the molecule is Cc1ccc(NC(=O)CN(S(=O)(=O)C(F)(F)F)S(=O)(=O)C(F)(F)F)cc1. The molecule has 1 rings (SSSR count). The van der Waals surface area contributed by atoms with Crippen molar-refractivity contribution in [2.75, 3.05) is 11.9 Å². The molecule has 0 radical (unpaired) electrons. The number of halogens is 6. The molecule has 0 atom stereocenters. The second-order valence-electron chi connectivity index (χ2n) is 4.75.